The molecule has 2 amide bonds. The lowest BCUT2D eigenvalue weighted by molar-refractivity contribution is 0.165. The van der Waals surface area contributed by atoms with E-state index >= 15 is 0 Å². The molecule has 1 saturated heterocycles. The number of piperidine rings is 1. The predicted molar refractivity (Wildman–Crippen MR) is 79.7 cm³/mol. The molecule has 2 rings (SSSR count). The van der Waals surface area contributed by atoms with Crippen molar-refractivity contribution in [3.8, 4) is 0 Å². The van der Waals surface area contributed by atoms with E-state index < -0.39 is 6.03 Å². The molecule has 1 aliphatic rings. The maximum atomic E-state index is 10.7. The second-order valence-electron chi connectivity index (χ2n) is 5.12. The fourth-order valence-corrected chi connectivity index (χ4v) is 3.05. The maximum absolute atomic E-state index is 10.7. The van der Waals surface area contributed by atoms with Crippen molar-refractivity contribution in [1.82, 2.24) is 10.2 Å². The van der Waals surface area contributed by atoms with Crippen LogP contribution >= 0.6 is 15.9 Å². The molecule has 1 fully saturated rings. The van der Waals surface area contributed by atoms with Gasteiger partial charge in [0.25, 0.3) is 0 Å². The summed E-state index contributed by atoms with van der Waals surface area (Å²) in [4.78, 5) is 13.2. The van der Waals surface area contributed by atoms with E-state index in [4.69, 9.17) is 5.73 Å². The molecule has 104 valence electrons. The highest BCUT2D eigenvalue weighted by molar-refractivity contribution is 9.10. The summed E-state index contributed by atoms with van der Waals surface area (Å²) >= 11 is 3.50. The minimum Gasteiger partial charge on any atom is -0.352 e. The van der Waals surface area contributed by atoms with E-state index in [0.717, 1.165) is 30.5 Å². The third-order valence-corrected chi connectivity index (χ3v) is 3.96. The zero-order chi connectivity index (χ0) is 13.7. The number of nitrogens with two attached hydrogens (primary N) is 1. The summed E-state index contributed by atoms with van der Waals surface area (Å²) in [5.41, 5.74) is 6.43. The molecule has 0 bridgehead atoms. The zero-order valence-electron chi connectivity index (χ0n) is 10.9. The molecule has 19 heavy (non-hydrogen) atoms. The molecule has 1 unspecified atom stereocenters. The van der Waals surface area contributed by atoms with Gasteiger partial charge in [0.15, 0.2) is 0 Å². The monoisotopic (exact) mass is 325 g/mol. The van der Waals surface area contributed by atoms with Crippen molar-refractivity contribution in [3.05, 3.63) is 34.3 Å². The first kappa shape index (κ1) is 14.3. The second kappa shape index (κ2) is 6.91. The van der Waals surface area contributed by atoms with Crippen LogP contribution < -0.4 is 11.1 Å². The summed E-state index contributed by atoms with van der Waals surface area (Å²) in [7, 11) is 0. The number of urea groups is 1. The summed E-state index contributed by atoms with van der Waals surface area (Å²) in [6.07, 6.45) is 2.34. The molecule has 5 heteroatoms. The highest BCUT2D eigenvalue weighted by Gasteiger charge is 2.20. The number of carbonyl (C=O) groups is 1. The topological polar surface area (TPSA) is 58.4 Å². The predicted octanol–water partition coefficient (Wildman–Crippen LogP) is 2.33. The van der Waals surface area contributed by atoms with Crippen molar-refractivity contribution in [1.29, 1.82) is 0 Å². The van der Waals surface area contributed by atoms with Gasteiger partial charge in [0.1, 0.15) is 0 Å². The van der Waals surface area contributed by atoms with Crippen molar-refractivity contribution in [2.45, 2.75) is 19.4 Å². The molecule has 0 spiro atoms. The van der Waals surface area contributed by atoms with Crippen LogP contribution in [0.3, 0.4) is 0 Å². The lowest BCUT2D eigenvalue weighted by atomic mass is 9.97. The Balaban J connectivity index is 1.85. The highest BCUT2D eigenvalue weighted by atomic mass is 79.9. The number of halogens is 1. The second-order valence-corrected chi connectivity index (χ2v) is 6.03. The summed E-state index contributed by atoms with van der Waals surface area (Å²) in [5, 5.41) is 2.71. The number of hydrogen-bond acceptors (Lipinski definition) is 2. The van der Waals surface area contributed by atoms with Gasteiger partial charge in [0.05, 0.1) is 0 Å². The molecule has 1 aromatic rings. The fraction of sp³-hybridized carbons (Fsp3) is 0.500. The Bertz CT molecular complexity index is 438. The van der Waals surface area contributed by atoms with Crippen LogP contribution in [0.15, 0.2) is 28.7 Å². The summed E-state index contributed by atoms with van der Waals surface area (Å²) < 4.78 is 1.12. The van der Waals surface area contributed by atoms with E-state index in [9.17, 15) is 4.79 Å². The van der Waals surface area contributed by atoms with Gasteiger partial charge in [-0.25, -0.2) is 4.79 Å². The molecule has 4 nitrogen and oxygen atoms in total. The molecule has 0 radical (unpaired) electrons. The van der Waals surface area contributed by atoms with Gasteiger partial charge in [-0.15, -0.1) is 0 Å². The molecule has 1 atom stereocenters. The molecule has 3 N–H and O–H groups in total. The van der Waals surface area contributed by atoms with Gasteiger partial charge in [-0.05, 0) is 43.0 Å². The number of amides is 2. The normalized spacial score (nSPS) is 20.2. The van der Waals surface area contributed by atoms with Gasteiger partial charge in [0.2, 0.25) is 0 Å². The first-order valence-corrected chi connectivity index (χ1v) is 7.43. The summed E-state index contributed by atoms with van der Waals surface area (Å²) in [5.74, 6) is 0.508. The third kappa shape index (κ3) is 4.84. The molecular formula is C14H20BrN3O. The minimum atomic E-state index is -0.427. The van der Waals surface area contributed by atoms with Gasteiger partial charge in [-0.1, -0.05) is 28.1 Å². The van der Waals surface area contributed by atoms with Crippen LogP contribution in [0.1, 0.15) is 18.4 Å². The van der Waals surface area contributed by atoms with Crippen molar-refractivity contribution in [3.63, 3.8) is 0 Å². The number of rotatable bonds is 4. The van der Waals surface area contributed by atoms with Crippen LogP contribution in [0.4, 0.5) is 4.79 Å². The number of nitrogens with zero attached hydrogens (tertiary/aromatic N) is 1. The van der Waals surface area contributed by atoms with E-state index in [1.54, 1.807) is 0 Å². The Morgan fingerprint density at radius 3 is 3.11 bits per heavy atom. The van der Waals surface area contributed by atoms with Crippen LogP contribution in [0.5, 0.6) is 0 Å². The van der Waals surface area contributed by atoms with Gasteiger partial charge < -0.3 is 11.1 Å². The molecule has 0 aliphatic carbocycles. The number of carbonyl (C=O) groups excluding carboxylic acids is 1. The molecule has 0 saturated carbocycles. The Morgan fingerprint density at radius 1 is 1.53 bits per heavy atom. The van der Waals surface area contributed by atoms with Gasteiger partial charge in [-0.3, -0.25) is 4.90 Å². The van der Waals surface area contributed by atoms with Crippen LogP contribution in [0, 0.1) is 5.92 Å². The molecule has 0 aromatic heterocycles. The van der Waals surface area contributed by atoms with Crippen molar-refractivity contribution in [2.24, 2.45) is 11.7 Å². The summed E-state index contributed by atoms with van der Waals surface area (Å²) in [6, 6.07) is 7.99. The number of nitrogens with one attached hydrogen (secondary N) is 1. The summed E-state index contributed by atoms with van der Waals surface area (Å²) in [6.45, 7) is 3.79. The van der Waals surface area contributed by atoms with Gasteiger partial charge >= 0.3 is 6.03 Å². The van der Waals surface area contributed by atoms with Crippen LogP contribution in [-0.2, 0) is 6.54 Å². The fourth-order valence-electron chi connectivity index (χ4n) is 2.60. The SMILES string of the molecule is NC(=O)NCC1CCCN(Cc2cccc(Br)c2)C1. The molecule has 1 heterocycles. The van der Waals surface area contributed by atoms with Gasteiger partial charge in [0, 0.05) is 24.1 Å². The van der Waals surface area contributed by atoms with E-state index in [1.807, 2.05) is 6.07 Å². The van der Waals surface area contributed by atoms with E-state index in [1.165, 1.54) is 12.0 Å². The average Bonchev–Trinajstić information content (AvgIpc) is 2.37. The third-order valence-electron chi connectivity index (χ3n) is 3.46. The Labute approximate surface area is 122 Å². The van der Waals surface area contributed by atoms with Crippen molar-refractivity contribution >= 4 is 22.0 Å². The Kier molecular flexibility index (Phi) is 5.22. The van der Waals surface area contributed by atoms with E-state index in [-0.39, 0.29) is 0 Å². The largest absolute Gasteiger partial charge is 0.352 e. The van der Waals surface area contributed by atoms with Crippen molar-refractivity contribution < 1.29 is 4.79 Å². The Hall–Kier alpha value is -1.07. The van der Waals surface area contributed by atoms with Crippen LogP contribution in [0.2, 0.25) is 0 Å². The Morgan fingerprint density at radius 2 is 2.37 bits per heavy atom. The number of primary amides is 1. The van der Waals surface area contributed by atoms with Crippen LogP contribution in [-0.4, -0.2) is 30.6 Å². The number of likely N-dealkylation sites (tertiary alicyclic amines) is 1. The lowest BCUT2D eigenvalue weighted by Gasteiger charge is -2.32. The zero-order valence-corrected chi connectivity index (χ0v) is 12.5. The van der Waals surface area contributed by atoms with Gasteiger partial charge in [-0.2, -0.15) is 0 Å². The van der Waals surface area contributed by atoms with Crippen LogP contribution in [0.25, 0.3) is 0 Å². The highest BCUT2D eigenvalue weighted by Crippen LogP contribution is 2.19. The average molecular weight is 326 g/mol. The standard InChI is InChI=1S/C14H20BrN3O/c15-13-5-1-3-11(7-13)9-18-6-2-4-12(10-18)8-17-14(16)19/h1,3,5,7,12H,2,4,6,8-10H2,(H3,16,17,19). The minimum absolute atomic E-state index is 0.427. The van der Waals surface area contributed by atoms with E-state index in [0.29, 0.717) is 12.5 Å². The molecule has 1 aliphatic heterocycles. The molecule has 1 aromatic carbocycles. The lowest BCUT2D eigenvalue weighted by Crippen LogP contribution is -2.41. The first-order chi connectivity index (χ1) is 9.13. The number of hydrogen-bond donors (Lipinski definition) is 2. The first-order valence-electron chi connectivity index (χ1n) is 6.63. The quantitative estimate of drug-likeness (QED) is 0.892. The molecular weight excluding hydrogens is 306 g/mol. The van der Waals surface area contributed by atoms with E-state index in [2.05, 4.69) is 44.3 Å². The number of benzene rings is 1. The maximum Gasteiger partial charge on any atom is 0.312 e. The van der Waals surface area contributed by atoms with Crippen molar-refractivity contribution in [2.75, 3.05) is 19.6 Å². The smallest absolute Gasteiger partial charge is 0.312 e.